The number of carbonyl (C=O) groups excluding carboxylic acids is 1. The molecule has 2 aliphatic rings. The molecule has 1 aromatic carbocycles. The summed E-state index contributed by atoms with van der Waals surface area (Å²) in [6.45, 7) is 5.60. The Labute approximate surface area is 233 Å². The van der Waals surface area contributed by atoms with Crippen LogP contribution in [0.2, 0.25) is 0 Å². The molecule has 4 aromatic rings. The smallest absolute Gasteiger partial charge is 0.413 e. The zero-order valence-electron chi connectivity index (χ0n) is 22.8. The predicted molar refractivity (Wildman–Crippen MR) is 143 cm³/mol. The first-order valence-electron chi connectivity index (χ1n) is 12.9. The quantitative estimate of drug-likeness (QED) is 0.378. The molecule has 2 aliphatic heterocycles. The van der Waals surface area contributed by atoms with E-state index in [1.165, 1.54) is 16.8 Å². The second-order valence-corrected chi connectivity index (χ2v) is 10.9. The lowest BCUT2D eigenvalue weighted by atomic mass is 9.95. The van der Waals surface area contributed by atoms with Crippen LogP contribution in [0.5, 0.6) is 11.5 Å². The molecule has 14 heteroatoms. The summed E-state index contributed by atoms with van der Waals surface area (Å²) < 4.78 is 35.5. The lowest BCUT2D eigenvalue weighted by molar-refractivity contribution is 0.0522. The fourth-order valence-electron chi connectivity index (χ4n) is 5.19. The number of hydrogen-bond acceptors (Lipinski definition) is 8. The van der Waals surface area contributed by atoms with Gasteiger partial charge >= 0.3 is 12.2 Å². The molecule has 1 atom stereocenters. The number of ether oxygens (including phenoxy) is 3. The number of nitrogens with one attached hydrogen (secondary N) is 1. The average Bonchev–Trinajstić information content (AvgIpc) is 3.63. The summed E-state index contributed by atoms with van der Waals surface area (Å²) in [5.74, 6) is 0.0931. The van der Waals surface area contributed by atoms with Gasteiger partial charge in [0.25, 0.3) is 0 Å². The molecule has 6 rings (SSSR count). The molecule has 0 radical (unpaired) electrons. The van der Waals surface area contributed by atoms with Gasteiger partial charge in [-0.2, -0.15) is 5.10 Å². The molecule has 0 unspecified atom stereocenters. The molecule has 2 N–H and O–H groups in total. The number of alkyl carbamates (subject to hydrolysis) is 1. The van der Waals surface area contributed by atoms with Gasteiger partial charge in [0.2, 0.25) is 0 Å². The lowest BCUT2D eigenvalue weighted by Crippen LogP contribution is -2.32. The first kappa shape index (κ1) is 26.3. The van der Waals surface area contributed by atoms with Gasteiger partial charge in [0, 0.05) is 23.7 Å². The van der Waals surface area contributed by atoms with Crippen LogP contribution in [0.1, 0.15) is 43.5 Å². The van der Waals surface area contributed by atoms with Crippen LogP contribution in [0, 0.1) is 5.82 Å². The normalized spacial score (nSPS) is 16.1. The zero-order valence-corrected chi connectivity index (χ0v) is 22.8. The standard InChI is InChI=1S/C27H28FN7O6/c1-27(2,3)41-25(36)29-9-15-7-19(33(4)32-15)16-8-21-24(35-13-30-31-23(16)35)34(26(37)38)10-17-18(28)5-6-20-22(17)14(11-39-20)12-40-21/h5-8,13-14H,9-12H2,1-4H3,(H,29,36)(H,37,38)/t14-/m0/s1. The SMILES string of the molecule is Cn1nc(CNC(=O)OC(C)(C)C)cc1-c1cc2c(n3cnnc13)N(C(=O)O)Cc1c(F)ccc3c1[C@@H](CO3)CO2. The van der Waals surface area contributed by atoms with Gasteiger partial charge in [0.15, 0.2) is 17.2 Å². The lowest BCUT2D eigenvalue weighted by Gasteiger charge is -2.23. The largest absolute Gasteiger partial charge is 0.493 e. The van der Waals surface area contributed by atoms with E-state index in [0.29, 0.717) is 33.9 Å². The van der Waals surface area contributed by atoms with Crippen molar-refractivity contribution in [3.05, 3.63) is 53.2 Å². The van der Waals surface area contributed by atoms with Crippen LogP contribution in [0.4, 0.5) is 19.8 Å². The fourth-order valence-corrected chi connectivity index (χ4v) is 5.19. The van der Waals surface area contributed by atoms with Crippen LogP contribution >= 0.6 is 0 Å². The molecule has 0 spiro atoms. The minimum absolute atomic E-state index is 0.119. The number of hydrogen-bond donors (Lipinski definition) is 2. The molecule has 41 heavy (non-hydrogen) atoms. The molecule has 5 heterocycles. The minimum Gasteiger partial charge on any atom is -0.493 e. The highest BCUT2D eigenvalue weighted by molar-refractivity contribution is 5.90. The molecule has 0 aliphatic carbocycles. The molecule has 0 bridgehead atoms. The van der Waals surface area contributed by atoms with Crippen LogP contribution in [0.25, 0.3) is 16.9 Å². The van der Waals surface area contributed by atoms with E-state index in [4.69, 9.17) is 14.2 Å². The van der Waals surface area contributed by atoms with Gasteiger partial charge < -0.3 is 24.6 Å². The molecular weight excluding hydrogens is 537 g/mol. The Morgan fingerprint density at radius 3 is 2.68 bits per heavy atom. The van der Waals surface area contributed by atoms with Crippen molar-refractivity contribution in [2.45, 2.75) is 45.4 Å². The Morgan fingerprint density at radius 2 is 1.95 bits per heavy atom. The maximum atomic E-state index is 15.1. The molecule has 214 valence electrons. The summed E-state index contributed by atoms with van der Waals surface area (Å²) in [5.41, 5.74) is 2.30. The van der Waals surface area contributed by atoms with Gasteiger partial charge in [-0.3, -0.25) is 14.0 Å². The maximum absolute atomic E-state index is 15.1. The van der Waals surface area contributed by atoms with Gasteiger partial charge in [-0.1, -0.05) is 0 Å². The Kier molecular flexibility index (Phi) is 6.20. The van der Waals surface area contributed by atoms with Crippen molar-refractivity contribution in [1.29, 1.82) is 0 Å². The topological polar surface area (TPSA) is 145 Å². The number of aryl methyl sites for hydroxylation is 1. The highest BCUT2D eigenvalue weighted by atomic mass is 19.1. The highest BCUT2D eigenvalue weighted by Crippen LogP contribution is 2.43. The van der Waals surface area contributed by atoms with Crippen molar-refractivity contribution in [3.8, 4) is 22.8 Å². The second kappa shape index (κ2) is 9.64. The van der Waals surface area contributed by atoms with E-state index in [-0.39, 0.29) is 49.4 Å². The van der Waals surface area contributed by atoms with Gasteiger partial charge in [-0.25, -0.2) is 14.0 Å². The summed E-state index contributed by atoms with van der Waals surface area (Å²) in [7, 11) is 1.74. The minimum atomic E-state index is -1.30. The number of halogens is 1. The summed E-state index contributed by atoms with van der Waals surface area (Å²) >= 11 is 0. The first-order chi connectivity index (χ1) is 19.5. The third kappa shape index (κ3) is 4.74. The van der Waals surface area contributed by atoms with E-state index in [1.807, 2.05) is 0 Å². The number of carboxylic acid groups (broad SMARTS) is 1. The molecular formula is C27H28FN7O6. The van der Waals surface area contributed by atoms with E-state index in [1.54, 1.807) is 50.7 Å². The van der Waals surface area contributed by atoms with E-state index in [2.05, 4.69) is 20.6 Å². The summed E-state index contributed by atoms with van der Waals surface area (Å²) in [5, 5.41) is 25.8. The van der Waals surface area contributed by atoms with Gasteiger partial charge in [0.1, 0.15) is 23.5 Å². The van der Waals surface area contributed by atoms with Gasteiger partial charge in [-0.05, 0) is 45.0 Å². The van der Waals surface area contributed by atoms with Crippen molar-refractivity contribution >= 4 is 23.7 Å². The third-order valence-electron chi connectivity index (χ3n) is 6.88. The molecule has 2 amide bonds. The molecule has 0 fully saturated rings. The second-order valence-electron chi connectivity index (χ2n) is 10.9. The zero-order chi connectivity index (χ0) is 29.1. The van der Waals surface area contributed by atoms with Crippen molar-refractivity contribution in [2.24, 2.45) is 7.05 Å². The number of pyridine rings is 1. The van der Waals surface area contributed by atoms with E-state index < -0.39 is 23.6 Å². The van der Waals surface area contributed by atoms with Crippen LogP contribution < -0.4 is 19.7 Å². The fraction of sp³-hybridized carbons (Fsp3) is 0.370. The predicted octanol–water partition coefficient (Wildman–Crippen LogP) is 3.85. The summed E-state index contributed by atoms with van der Waals surface area (Å²) in [6.07, 6.45) is -0.487. The molecule has 0 saturated carbocycles. The third-order valence-corrected chi connectivity index (χ3v) is 6.88. The van der Waals surface area contributed by atoms with E-state index >= 15 is 4.39 Å². The first-order valence-corrected chi connectivity index (χ1v) is 12.9. The average molecular weight is 566 g/mol. The monoisotopic (exact) mass is 565 g/mol. The molecule has 13 nitrogen and oxygen atoms in total. The van der Waals surface area contributed by atoms with Crippen LogP contribution in [0.15, 0.2) is 30.6 Å². The number of fused-ring (bicyclic) bond motifs is 3. The highest BCUT2D eigenvalue weighted by Gasteiger charge is 2.35. The van der Waals surface area contributed by atoms with E-state index in [9.17, 15) is 14.7 Å². The number of benzene rings is 1. The number of aromatic nitrogens is 5. The van der Waals surface area contributed by atoms with Crippen LogP contribution in [-0.2, 0) is 24.9 Å². The maximum Gasteiger partial charge on any atom is 0.413 e. The van der Waals surface area contributed by atoms with Crippen molar-refractivity contribution in [1.82, 2.24) is 29.7 Å². The number of anilines is 1. The summed E-state index contributed by atoms with van der Waals surface area (Å²) in [6, 6.07) is 6.30. The number of amides is 2. The Hall–Kier alpha value is -4.88. The number of nitrogens with zero attached hydrogens (tertiary/aromatic N) is 6. The molecule has 3 aromatic heterocycles. The Balaban J connectivity index is 1.42. The Bertz CT molecular complexity index is 1690. The van der Waals surface area contributed by atoms with Crippen LogP contribution in [0.3, 0.4) is 0 Å². The van der Waals surface area contributed by atoms with Crippen LogP contribution in [-0.4, -0.2) is 60.5 Å². The Morgan fingerprint density at radius 1 is 1.20 bits per heavy atom. The van der Waals surface area contributed by atoms with E-state index in [0.717, 1.165) is 4.90 Å². The number of rotatable bonds is 3. The van der Waals surface area contributed by atoms with Gasteiger partial charge in [-0.15, -0.1) is 10.2 Å². The van der Waals surface area contributed by atoms with Crippen molar-refractivity contribution < 1.29 is 33.3 Å². The van der Waals surface area contributed by atoms with Crippen molar-refractivity contribution in [2.75, 3.05) is 18.1 Å². The van der Waals surface area contributed by atoms with Gasteiger partial charge in [0.05, 0.1) is 43.6 Å². The summed E-state index contributed by atoms with van der Waals surface area (Å²) in [4.78, 5) is 25.8. The van der Waals surface area contributed by atoms with Crippen molar-refractivity contribution in [3.63, 3.8) is 0 Å². The molecule has 0 saturated heterocycles. The number of carbonyl (C=O) groups is 2.